The Morgan fingerprint density at radius 3 is 2.48 bits per heavy atom. The highest BCUT2D eigenvalue weighted by Crippen LogP contribution is 2.16. The Bertz CT molecular complexity index is 553. The van der Waals surface area contributed by atoms with Gasteiger partial charge in [0.25, 0.3) is 0 Å². The van der Waals surface area contributed by atoms with E-state index in [0.717, 1.165) is 0 Å². The van der Waals surface area contributed by atoms with Gasteiger partial charge in [-0.3, -0.25) is 4.79 Å². The first-order valence-electron chi connectivity index (χ1n) is 6.82. The molecule has 0 amide bonds. The molecule has 0 aliphatic heterocycles. The molecule has 1 rings (SSSR count). The Kier molecular flexibility index (Phi) is 6.64. The fourth-order valence-corrected chi connectivity index (χ4v) is 2.78. The van der Waals surface area contributed by atoms with Gasteiger partial charge in [0.2, 0.25) is 10.0 Å². The molecule has 118 valence electrons. The first-order chi connectivity index (χ1) is 9.86. The summed E-state index contributed by atoms with van der Waals surface area (Å²) in [5.74, 6) is -0.726. The second-order valence-corrected chi connectivity index (χ2v) is 6.45. The largest absolute Gasteiger partial charge is 0.494 e. The summed E-state index contributed by atoms with van der Waals surface area (Å²) >= 11 is 0. The van der Waals surface area contributed by atoms with E-state index in [1.807, 2.05) is 6.92 Å². The van der Waals surface area contributed by atoms with Gasteiger partial charge in [-0.1, -0.05) is 6.92 Å². The summed E-state index contributed by atoms with van der Waals surface area (Å²) < 4.78 is 31.7. The van der Waals surface area contributed by atoms with Crippen LogP contribution in [-0.4, -0.2) is 32.6 Å². The number of carboxylic acid groups (broad SMARTS) is 1. The van der Waals surface area contributed by atoms with Gasteiger partial charge in [-0.05, 0) is 44.0 Å². The number of sulfonamides is 1. The van der Waals surface area contributed by atoms with E-state index in [4.69, 9.17) is 9.84 Å². The maximum Gasteiger partial charge on any atom is 0.306 e. The van der Waals surface area contributed by atoms with Crippen LogP contribution in [0.2, 0.25) is 0 Å². The molecule has 1 aromatic carbocycles. The smallest absolute Gasteiger partial charge is 0.306 e. The van der Waals surface area contributed by atoms with Gasteiger partial charge < -0.3 is 9.84 Å². The molecule has 0 aliphatic carbocycles. The van der Waals surface area contributed by atoms with Crippen LogP contribution in [0, 0.1) is 5.92 Å². The van der Waals surface area contributed by atoms with E-state index in [-0.39, 0.29) is 11.4 Å². The van der Waals surface area contributed by atoms with Crippen LogP contribution in [0.15, 0.2) is 29.2 Å². The minimum Gasteiger partial charge on any atom is -0.494 e. The lowest BCUT2D eigenvalue weighted by atomic mass is 10.1. The average molecular weight is 315 g/mol. The molecule has 0 saturated heterocycles. The molecular formula is C14H21NO5S. The summed E-state index contributed by atoms with van der Waals surface area (Å²) in [5.41, 5.74) is 0. The summed E-state index contributed by atoms with van der Waals surface area (Å²) in [6, 6.07) is 6.16. The van der Waals surface area contributed by atoms with Gasteiger partial charge >= 0.3 is 5.97 Å². The third-order valence-corrected chi connectivity index (χ3v) is 4.45. The minimum atomic E-state index is -3.56. The van der Waals surface area contributed by atoms with Crippen molar-refractivity contribution in [3.63, 3.8) is 0 Å². The van der Waals surface area contributed by atoms with Crippen molar-refractivity contribution in [1.29, 1.82) is 0 Å². The van der Waals surface area contributed by atoms with Crippen molar-refractivity contribution < 1.29 is 23.1 Å². The predicted octanol–water partition coefficient (Wildman–Crippen LogP) is 1.86. The second-order valence-electron chi connectivity index (χ2n) is 4.68. The van der Waals surface area contributed by atoms with Gasteiger partial charge in [-0.15, -0.1) is 0 Å². The maximum absolute atomic E-state index is 12.0. The van der Waals surface area contributed by atoms with Gasteiger partial charge in [-0.25, -0.2) is 13.1 Å². The molecule has 1 atom stereocenters. The molecule has 0 aliphatic rings. The quantitative estimate of drug-likeness (QED) is 0.679. The van der Waals surface area contributed by atoms with Crippen molar-refractivity contribution in [2.24, 2.45) is 5.92 Å². The van der Waals surface area contributed by atoms with Crippen molar-refractivity contribution in [3.8, 4) is 5.75 Å². The van der Waals surface area contributed by atoms with Crippen molar-refractivity contribution in [2.45, 2.75) is 31.6 Å². The van der Waals surface area contributed by atoms with Gasteiger partial charge in [0.05, 0.1) is 17.4 Å². The third-order valence-electron chi connectivity index (χ3n) is 2.97. The van der Waals surface area contributed by atoms with E-state index in [9.17, 15) is 13.2 Å². The van der Waals surface area contributed by atoms with E-state index in [1.165, 1.54) is 12.1 Å². The van der Waals surface area contributed by atoms with E-state index < -0.39 is 21.9 Å². The van der Waals surface area contributed by atoms with Gasteiger partial charge in [0, 0.05) is 6.54 Å². The van der Waals surface area contributed by atoms with Crippen molar-refractivity contribution >= 4 is 16.0 Å². The van der Waals surface area contributed by atoms with Crippen molar-refractivity contribution in [1.82, 2.24) is 4.72 Å². The van der Waals surface area contributed by atoms with Gasteiger partial charge in [0.15, 0.2) is 0 Å². The van der Waals surface area contributed by atoms with Crippen LogP contribution in [0.25, 0.3) is 0 Å². The Morgan fingerprint density at radius 1 is 1.33 bits per heavy atom. The standard InChI is InChI=1S/C14H21NO5S/c1-3-20-12-6-8-13(9-7-12)21(18,19)15-10-4-5-11(2)14(16)17/h6-9,11,15H,3-5,10H2,1-2H3,(H,16,17). The maximum atomic E-state index is 12.0. The number of hydrogen-bond acceptors (Lipinski definition) is 4. The van der Waals surface area contributed by atoms with Crippen LogP contribution in [0.4, 0.5) is 0 Å². The Hall–Kier alpha value is -1.60. The minimum absolute atomic E-state index is 0.164. The molecule has 0 heterocycles. The lowest BCUT2D eigenvalue weighted by molar-refractivity contribution is -0.141. The van der Waals surface area contributed by atoms with Crippen molar-refractivity contribution in [2.75, 3.05) is 13.2 Å². The molecule has 1 unspecified atom stereocenters. The van der Waals surface area contributed by atoms with E-state index in [1.54, 1.807) is 19.1 Å². The molecule has 7 heteroatoms. The molecular weight excluding hydrogens is 294 g/mol. The molecule has 1 aromatic rings. The first-order valence-corrected chi connectivity index (χ1v) is 8.30. The second kappa shape index (κ2) is 7.99. The molecule has 6 nitrogen and oxygen atoms in total. The lowest BCUT2D eigenvalue weighted by Gasteiger charge is -2.09. The highest BCUT2D eigenvalue weighted by Gasteiger charge is 2.14. The van der Waals surface area contributed by atoms with Crippen LogP contribution in [0.5, 0.6) is 5.75 Å². The van der Waals surface area contributed by atoms with Crippen LogP contribution in [-0.2, 0) is 14.8 Å². The number of aliphatic carboxylic acids is 1. The lowest BCUT2D eigenvalue weighted by Crippen LogP contribution is -2.25. The molecule has 0 bridgehead atoms. The Labute approximate surface area is 125 Å². The summed E-state index contributed by atoms with van der Waals surface area (Å²) in [6.45, 7) is 4.19. The summed E-state index contributed by atoms with van der Waals surface area (Å²) in [5, 5.41) is 8.74. The van der Waals surface area contributed by atoms with Crippen molar-refractivity contribution in [3.05, 3.63) is 24.3 Å². The van der Waals surface area contributed by atoms with E-state index in [0.29, 0.717) is 25.2 Å². The fraction of sp³-hybridized carbons (Fsp3) is 0.500. The zero-order valence-electron chi connectivity index (χ0n) is 12.2. The summed E-state index contributed by atoms with van der Waals surface area (Å²) in [4.78, 5) is 10.8. The number of carbonyl (C=O) groups is 1. The van der Waals surface area contributed by atoms with Crippen LogP contribution in [0.1, 0.15) is 26.7 Å². The Morgan fingerprint density at radius 2 is 1.95 bits per heavy atom. The number of rotatable bonds is 9. The predicted molar refractivity (Wildman–Crippen MR) is 78.8 cm³/mol. The topological polar surface area (TPSA) is 92.7 Å². The third kappa shape index (κ3) is 5.73. The molecule has 2 N–H and O–H groups in total. The van der Waals surface area contributed by atoms with E-state index in [2.05, 4.69) is 4.72 Å². The molecule has 21 heavy (non-hydrogen) atoms. The molecule has 0 radical (unpaired) electrons. The zero-order valence-corrected chi connectivity index (χ0v) is 13.0. The average Bonchev–Trinajstić information content (AvgIpc) is 2.44. The first kappa shape index (κ1) is 17.5. The number of hydrogen-bond donors (Lipinski definition) is 2. The monoisotopic (exact) mass is 315 g/mol. The molecule has 0 fully saturated rings. The molecule has 0 aromatic heterocycles. The molecule has 0 spiro atoms. The van der Waals surface area contributed by atoms with Gasteiger partial charge in [0.1, 0.15) is 5.75 Å². The Balaban J connectivity index is 2.51. The number of benzene rings is 1. The van der Waals surface area contributed by atoms with Crippen LogP contribution >= 0.6 is 0 Å². The van der Waals surface area contributed by atoms with Crippen LogP contribution < -0.4 is 9.46 Å². The van der Waals surface area contributed by atoms with Gasteiger partial charge in [-0.2, -0.15) is 0 Å². The normalized spacial score (nSPS) is 12.9. The van der Waals surface area contributed by atoms with E-state index >= 15 is 0 Å². The summed E-state index contributed by atoms with van der Waals surface area (Å²) in [7, 11) is -3.56. The zero-order chi connectivity index (χ0) is 15.9. The van der Waals surface area contributed by atoms with Crippen LogP contribution in [0.3, 0.4) is 0 Å². The number of ether oxygens (including phenoxy) is 1. The number of nitrogens with one attached hydrogen (secondary N) is 1. The fourth-order valence-electron chi connectivity index (χ4n) is 1.70. The molecule has 0 saturated carbocycles. The number of carboxylic acids is 1. The SMILES string of the molecule is CCOc1ccc(S(=O)(=O)NCCCC(C)C(=O)O)cc1. The highest BCUT2D eigenvalue weighted by atomic mass is 32.2. The summed E-state index contributed by atoms with van der Waals surface area (Å²) in [6.07, 6.45) is 0.908. The highest BCUT2D eigenvalue weighted by molar-refractivity contribution is 7.89.